The third-order valence-corrected chi connectivity index (χ3v) is 3.99. The summed E-state index contributed by atoms with van der Waals surface area (Å²) >= 11 is 0. The average molecular weight is 317 g/mol. The molecular weight excluding hydrogens is 306 g/mol. The normalized spacial score (nSPS) is 11.0. The van der Waals surface area contributed by atoms with Gasteiger partial charge < -0.3 is 4.98 Å². The number of fused-ring (bicyclic) bond motifs is 2. The zero-order chi connectivity index (χ0) is 16.8. The summed E-state index contributed by atoms with van der Waals surface area (Å²) in [7, 11) is 0. The second kappa shape index (κ2) is 4.93. The van der Waals surface area contributed by atoms with Gasteiger partial charge in [-0.15, -0.1) is 0 Å². The first kappa shape index (κ1) is 14.0. The number of pyridine rings is 1. The monoisotopic (exact) mass is 317 g/mol. The van der Waals surface area contributed by atoms with Gasteiger partial charge in [0.15, 0.2) is 5.65 Å². The van der Waals surface area contributed by atoms with Crippen molar-refractivity contribution in [2.75, 3.05) is 0 Å². The van der Waals surface area contributed by atoms with Crippen molar-refractivity contribution in [1.29, 1.82) is 5.26 Å². The van der Waals surface area contributed by atoms with Gasteiger partial charge in [0, 0.05) is 11.7 Å². The molecule has 1 aromatic carbocycles. The van der Waals surface area contributed by atoms with E-state index in [1.165, 1.54) is 10.7 Å². The minimum Gasteiger partial charge on any atom is -0.321 e. The molecule has 4 rings (SSSR count). The summed E-state index contributed by atoms with van der Waals surface area (Å²) in [5.74, 6) is 0. The Labute approximate surface area is 134 Å². The van der Waals surface area contributed by atoms with Gasteiger partial charge in [-0.2, -0.15) is 9.78 Å². The molecule has 3 aromatic heterocycles. The van der Waals surface area contributed by atoms with Gasteiger partial charge in [0.25, 0.3) is 11.1 Å². The molecule has 0 aliphatic carbocycles. The Bertz CT molecular complexity index is 1270. The molecule has 0 saturated heterocycles. The van der Waals surface area contributed by atoms with Gasteiger partial charge in [-0.05, 0) is 24.4 Å². The number of H-pyrrole nitrogens is 2. The molecule has 0 amide bonds. The van der Waals surface area contributed by atoms with Gasteiger partial charge in [0.05, 0.1) is 16.8 Å². The Balaban J connectivity index is 2.11. The van der Waals surface area contributed by atoms with Crippen LogP contribution in [0.15, 0.2) is 46.1 Å². The molecule has 4 aromatic rings. The highest BCUT2D eigenvalue weighted by molar-refractivity contribution is 5.83. The molecule has 0 radical (unpaired) electrons. The summed E-state index contributed by atoms with van der Waals surface area (Å²) in [5.41, 5.74) is 1.32. The third-order valence-electron chi connectivity index (χ3n) is 3.99. The van der Waals surface area contributed by atoms with Crippen LogP contribution in [0.2, 0.25) is 0 Å². The zero-order valence-corrected chi connectivity index (χ0v) is 12.6. The first-order valence-corrected chi connectivity index (χ1v) is 7.23. The molecule has 24 heavy (non-hydrogen) atoms. The second-order valence-corrected chi connectivity index (χ2v) is 5.43. The lowest BCUT2D eigenvalue weighted by Crippen LogP contribution is -2.22. The number of nitrogens with zero attached hydrogens (tertiary/aromatic N) is 3. The number of nitriles is 1. The molecule has 3 heterocycles. The Hall–Kier alpha value is -3.66. The van der Waals surface area contributed by atoms with Crippen LogP contribution >= 0.6 is 0 Å². The Morgan fingerprint density at radius 2 is 2.04 bits per heavy atom. The summed E-state index contributed by atoms with van der Waals surface area (Å²) in [6, 6.07) is 11.0. The van der Waals surface area contributed by atoms with Crippen LogP contribution in [0.25, 0.3) is 27.7 Å². The summed E-state index contributed by atoms with van der Waals surface area (Å²) in [6.07, 6.45) is 1.41. The molecule has 0 unspecified atom stereocenters. The summed E-state index contributed by atoms with van der Waals surface area (Å²) in [5, 5.41) is 12.6. The molecule has 0 aliphatic heterocycles. The van der Waals surface area contributed by atoms with Crippen molar-refractivity contribution in [3.05, 3.63) is 68.5 Å². The van der Waals surface area contributed by atoms with E-state index in [0.29, 0.717) is 11.2 Å². The minimum atomic E-state index is -0.417. The lowest BCUT2D eigenvalue weighted by atomic mass is 10.1. The molecule has 2 N–H and O–H groups in total. The smallest absolute Gasteiger partial charge is 0.281 e. The van der Waals surface area contributed by atoms with Crippen molar-refractivity contribution in [2.24, 2.45) is 0 Å². The van der Waals surface area contributed by atoms with Gasteiger partial charge >= 0.3 is 0 Å². The van der Waals surface area contributed by atoms with Crippen molar-refractivity contribution in [2.45, 2.75) is 6.92 Å². The van der Waals surface area contributed by atoms with Crippen LogP contribution in [-0.2, 0) is 0 Å². The molecule has 0 aliphatic rings. The minimum absolute atomic E-state index is 0.214. The number of aromatic amines is 2. The van der Waals surface area contributed by atoms with E-state index in [-0.39, 0.29) is 27.9 Å². The Morgan fingerprint density at radius 1 is 1.25 bits per heavy atom. The summed E-state index contributed by atoms with van der Waals surface area (Å²) < 4.78 is 1.18. The number of hydrogen-bond acceptors (Lipinski definition) is 4. The predicted molar refractivity (Wildman–Crippen MR) is 88.8 cm³/mol. The maximum Gasteiger partial charge on any atom is 0.281 e. The maximum atomic E-state index is 12.8. The first-order chi connectivity index (χ1) is 11.6. The van der Waals surface area contributed by atoms with E-state index in [1.54, 1.807) is 19.1 Å². The standard InChI is InChI=1S/C17H11N5O2/c1-9-14(17(24)22-15(20-9)11(7-18)8-19-22)12-6-10-4-2-3-5-13(10)21-16(12)23/h2-6,8,19H,1H3,(H,21,23). The molecule has 0 saturated carbocycles. The number of aryl methyl sites for hydroxylation is 1. The van der Waals surface area contributed by atoms with Gasteiger partial charge in [0.2, 0.25) is 0 Å². The number of para-hydroxylation sites is 1. The zero-order valence-electron chi connectivity index (χ0n) is 12.6. The molecule has 116 valence electrons. The highest BCUT2D eigenvalue weighted by Gasteiger charge is 2.18. The van der Waals surface area contributed by atoms with Crippen molar-refractivity contribution in [3.63, 3.8) is 0 Å². The number of rotatable bonds is 1. The largest absolute Gasteiger partial charge is 0.321 e. The van der Waals surface area contributed by atoms with Gasteiger partial charge in [-0.3, -0.25) is 14.7 Å². The van der Waals surface area contributed by atoms with Crippen molar-refractivity contribution in [3.8, 4) is 17.2 Å². The number of benzene rings is 1. The number of aromatic nitrogens is 4. The van der Waals surface area contributed by atoms with Crippen LogP contribution in [0, 0.1) is 18.3 Å². The highest BCUT2D eigenvalue weighted by atomic mass is 16.1. The van der Waals surface area contributed by atoms with E-state index >= 15 is 0 Å². The second-order valence-electron chi connectivity index (χ2n) is 5.43. The van der Waals surface area contributed by atoms with Crippen molar-refractivity contribution in [1.82, 2.24) is 19.6 Å². The fourth-order valence-corrected chi connectivity index (χ4v) is 2.85. The van der Waals surface area contributed by atoms with Crippen molar-refractivity contribution < 1.29 is 0 Å². The molecular formula is C17H11N5O2. The van der Waals surface area contributed by atoms with E-state index in [0.717, 1.165) is 5.39 Å². The fraction of sp³-hybridized carbons (Fsp3) is 0.0588. The molecule has 7 nitrogen and oxygen atoms in total. The van der Waals surface area contributed by atoms with E-state index in [1.807, 2.05) is 24.3 Å². The third kappa shape index (κ3) is 1.87. The van der Waals surface area contributed by atoms with Crippen LogP contribution in [0.3, 0.4) is 0 Å². The lowest BCUT2D eigenvalue weighted by Gasteiger charge is -2.06. The first-order valence-electron chi connectivity index (χ1n) is 7.23. The van der Waals surface area contributed by atoms with E-state index in [2.05, 4.69) is 15.1 Å². The van der Waals surface area contributed by atoms with Crippen molar-refractivity contribution >= 4 is 16.6 Å². The van der Waals surface area contributed by atoms with Crippen LogP contribution in [-0.4, -0.2) is 19.6 Å². The van der Waals surface area contributed by atoms with Crippen LogP contribution in [0.5, 0.6) is 0 Å². The summed E-state index contributed by atoms with van der Waals surface area (Å²) in [4.78, 5) is 32.3. The molecule has 0 bridgehead atoms. The molecule has 0 atom stereocenters. The molecule has 0 fully saturated rings. The van der Waals surface area contributed by atoms with E-state index in [4.69, 9.17) is 5.26 Å². The average Bonchev–Trinajstić information content (AvgIpc) is 2.98. The fourth-order valence-electron chi connectivity index (χ4n) is 2.85. The SMILES string of the molecule is Cc1nc2c(C#N)c[nH]n2c(=O)c1-c1cc2ccccc2[nH]c1=O. The Kier molecular flexibility index (Phi) is 2.87. The van der Waals surface area contributed by atoms with Gasteiger partial charge in [-0.1, -0.05) is 18.2 Å². The van der Waals surface area contributed by atoms with E-state index in [9.17, 15) is 9.59 Å². The molecule has 7 heteroatoms. The van der Waals surface area contributed by atoms with Gasteiger partial charge in [-0.25, -0.2) is 4.98 Å². The van der Waals surface area contributed by atoms with Crippen LogP contribution in [0.4, 0.5) is 0 Å². The highest BCUT2D eigenvalue weighted by Crippen LogP contribution is 2.20. The Morgan fingerprint density at radius 3 is 2.83 bits per heavy atom. The molecule has 0 spiro atoms. The summed E-state index contributed by atoms with van der Waals surface area (Å²) in [6.45, 7) is 1.65. The number of nitrogens with one attached hydrogen (secondary N) is 2. The topological polar surface area (TPSA) is 107 Å². The maximum absolute atomic E-state index is 12.8. The van der Waals surface area contributed by atoms with Crippen LogP contribution in [0.1, 0.15) is 11.3 Å². The van der Waals surface area contributed by atoms with E-state index < -0.39 is 5.56 Å². The lowest BCUT2D eigenvalue weighted by molar-refractivity contribution is 0.892. The van der Waals surface area contributed by atoms with Crippen LogP contribution < -0.4 is 11.1 Å². The predicted octanol–water partition coefficient (Wildman–Crippen LogP) is 1.71. The van der Waals surface area contributed by atoms with Gasteiger partial charge in [0.1, 0.15) is 11.6 Å². The number of hydrogen-bond donors (Lipinski definition) is 2. The quantitative estimate of drug-likeness (QED) is 0.557.